The third-order valence-electron chi connectivity index (χ3n) is 3.35. The molecule has 2 rings (SSSR count). The predicted octanol–water partition coefficient (Wildman–Crippen LogP) is 4.77. The van der Waals surface area contributed by atoms with Gasteiger partial charge in [0.1, 0.15) is 6.61 Å². The Kier molecular flexibility index (Phi) is 5.32. The second-order valence-electron chi connectivity index (χ2n) is 5.32. The molecule has 21 heavy (non-hydrogen) atoms. The van der Waals surface area contributed by atoms with Crippen molar-refractivity contribution < 1.29 is 9.53 Å². The van der Waals surface area contributed by atoms with Gasteiger partial charge in [0.2, 0.25) is 0 Å². The number of hydrogen-bond acceptors (Lipinski definition) is 2. The summed E-state index contributed by atoms with van der Waals surface area (Å²) >= 11 is 3.42. The minimum Gasteiger partial charge on any atom is -0.369 e. The van der Waals surface area contributed by atoms with Crippen LogP contribution in [0.15, 0.2) is 40.9 Å². The fourth-order valence-electron chi connectivity index (χ4n) is 2.58. The second-order valence-corrected chi connectivity index (χ2v) is 6.24. The average Bonchev–Trinajstić information content (AvgIpc) is 2.37. The molecule has 0 bridgehead atoms. The van der Waals surface area contributed by atoms with Crippen molar-refractivity contribution in [2.24, 2.45) is 0 Å². The first kappa shape index (κ1) is 15.9. The molecule has 2 nitrogen and oxygen atoms in total. The van der Waals surface area contributed by atoms with Gasteiger partial charge in [-0.15, -0.1) is 0 Å². The predicted molar refractivity (Wildman–Crippen MR) is 88.8 cm³/mol. The number of hydrogen-bond donors (Lipinski definition) is 0. The number of halogens is 1. The van der Waals surface area contributed by atoms with Crippen molar-refractivity contribution in [1.29, 1.82) is 0 Å². The summed E-state index contributed by atoms with van der Waals surface area (Å²) in [5.74, 6) is 0.0417. The van der Waals surface area contributed by atoms with Gasteiger partial charge in [0.25, 0.3) is 0 Å². The first-order valence-corrected chi connectivity index (χ1v) is 7.70. The summed E-state index contributed by atoms with van der Waals surface area (Å²) in [6, 6.07) is 12.0. The summed E-state index contributed by atoms with van der Waals surface area (Å²) in [4.78, 5) is 12.3. The zero-order chi connectivity index (χ0) is 15.4. The Hall–Kier alpha value is -1.45. The fourth-order valence-corrected chi connectivity index (χ4v) is 3.03. The molecule has 0 aliphatic heterocycles. The van der Waals surface area contributed by atoms with Gasteiger partial charge >= 0.3 is 0 Å². The molecule has 0 radical (unpaired) electrons. The van der Waals surface area contributed by atoms with Gasteiger partial charge in [0.05, 0.1) is 6.61 Å². The molecule has 0 unspecified atom stereocenters. The first-order chi connectivity index (χ1) is 9.97. The molecule has 0 aliphatic rings. The van der Waals surface area contributed by atoms with Crippen molar-refractivity contribution in [3.8, 4) is 0 Å². The molecule has 3 heteroatoms. The van der Waals surface area contributed by atoms with E-state index in [1.54, 1.807) is 0 Å². The van der Waals surface area contributed by atoms with E-state index in [0.717, 1.165) is 26.7 Å². The SMILES string of the molecule is Cc1cc(C)c(C(=O)COCc2cccc(Br)c2)c(C)c1. The summed E-state index contributed by atoms with van der Waals surface area (Å²) in [7, 11) is 0. The largest absolute Gasteiger partial charge is 0.369 e. The van der Waals surface area contributed by atoms with Crippen LogP contribution in [0.25, 0.3) is 0 Å². The molecule has 0 amide bonds. The van der Waals surface area contributed by atoms with Crippen LogP contribution in [-0.4, -0.2) is 12.4 Å². The average molecular weight is 347 g/mol. The molecule has 0 aromatic heterocycles. The lowest BCUT2D eigenvalue weighted by Crippen LogP contribution is -2.12. The molecule has 2 aromatic carbocycles. The Morgan fingerprint density at radius 2 is 1.76 bits per heavy atom. The third kappa shape index (κ3) is 4.26. The summed E-state index contributed by atoms with van der Waals surface area (Å²) in [6.07, 6.45) is 0. The highest BCUT2D eigenvalue weighted by Gasteiger charge is 2.13. The first-order valence-electron chi connectivity index (χ1n) is 6.90. The highest BCUT2D eigenvalue weighted by molar-refractivity contribution is 9.10. The maximum absolute atomic E-state index is 12.3. The zero-order valence-electron chi connectivity index (χ0n) is 12.6. The van der Waals surface area contributed by atoms with Crippen molar-refractivity contribution in [3.63, 3.8) is 0 Å². The summed E-state index contributed by atoms with van der Waals surface area (Å²) in [6.45, 7) is 6.54. The van der Waals surface area contributed by atoms with E-state index in [9.17, 15) is 4.79 Å². The van der Waals surface area contributed by atoms with Crippen LogP contribution in [0.4, 0.5) is 0 Å². The number of carbonyl (C=O) groups excluding carboxylic acids is 1. The number of ketones is 1. The van der Waals surface area contributed by atoms with Crippen molar-refractivity contribution in [1.82, 2.24) is 0 Å². The van der Waals surface area contributed by atoms with E-state index >= 15 is 0 Å². The van der Waals surface area contributed by atoms with Gasteiger partial charge in [-0.2, -0.15) is 0 Å². The lowest BCUT2D eigenvalue weighted by molar-refractivity contribution is 0.0725. The third-order valence-corrected chi connectivity index (χ3v) is 3.84. The van der Waals surface area contributed by atoms with Gasteiger partial charge < -0.3 is 4.74 Å². The molecule has 0 saturated heterocycles. The lowest BCUT2D eigenvalue weighted by Gasteiger charge is -2.11. The Balaban J connectivity index is 1.99. The van der Waals surface area contributed by atoms with Gasteiger partial charge in [-0.25, -0.2) is 0 Å². The van der Waals surface area contributed by atoms with Crippen LogP contribution >= 0.6 is 15.9 Å². The van der Waals surface area contributed by atoms with Crippen LogP contribution < -0.4 is 0 Å². The van der Waals surface area contributed by atoms with Crippen LogP contribution in [-0.2, 0) is 11.3 Å². The molecule has 0 fully saturated rings. The van der Waals surface area contributed by atoms with Crippen LogP contribution in [0.3, 0.4) is 0 Å². The number of rotatable bonds is 5. The van der Waals surface area contributed by atoms with Crippen molar-refractivity contribution in [2.45, 2.75) is 27.4 Å². The molecule has 0 atom stereocenters. The quantitative estimate of drug-likeness (QED) is 0.728. The Labute approximate surface area is 134 Å². The summed E-state index contributed by atoms with van der Waals surface area (Å²) in [5, 5.41) is 0. The Morgan fingerprint density at radius 1 is 1.10 bits per heavy atom. The molecule has 0 saturated carbocycles. The van der Waals surface area contributed by atoms with E-state index < -0.39 is 0 Å². The van der Waals surface area contributed by atoms with E-state index in [4.69, 9.17) is 4.74 Å². The smallest absolute Gasteiger partial charge is 0.189 e. The molecular weight excluding hydrogens is 328 g/mol. The minimum absolute atomic E-state index is 0.0417. The van der Waals surface area contributed by atoms with E-state index in [0.29, 0.717) is 6.61 Å². The Morgan fingerprint density at radius 3 is 2.38 bits per heavy atom. The number of ether oxygens (including phenoxy) is 1. The monoisotopic (exact) mass is 346 g/mol. The minimum atomic E-state index is 0.0417. The number of aryl methyl sites for hydroxylation is 3. The topological polar surface area (TPSA) is 26.3 Å². The molecule has 0 heterocycles. The highest BCUT2D eigenvalue weighted by atomic mass is 79.9. The van der Waals surface area contributed by atoms with Gasteiger partial charge in [0, 0.05) is 10.0 Å². The van der Waals surface area contributed by atoms with Gasteiger partial charge in [0.15, 0.2) is 5.78 Å². The normalized spacial score (nSPS) is 10.7. The Bertz CT molecular complexity index is 639. The molecule has 0 N–H and O–H groups in total. The highest BCUT2D eigenvalue weighted by Crippen LogP contribution is 2.17. The zero-order valence-corrected chi connectivity index (χ0v) is 14.2. The molecule has 0 spiro atoms. The molecular formula is C18H19BrO2. The summed E-state index contributed by atoms with van der Waals surface area (Å²) in [5.41, 5.74) is 5.05. The van der Waals surface area contributed by atoms with Crippen molar-refractivity contribution >= 4 is 21.7 Å². The van der Waals surface area contributed by atoms with Crippen LogP contribution in [0.2, 0.25) is 0 Å². The van der Waals surface area contributed by atoms with Crippen LogP contribution in [0.1, 0.15) is 32.6 Å². The van der Waals surface area contributed by atoms with E-state index in [2.05, 4.69) is 15.9 Å². The maximum atomic E-state index is 12.3. The van der Waals surface area contributed by atoms with Crippen LogP contribution in [0, 0.1) is 20.8 Å². The standard InChI is InChI=1S/C18H19BrO2/c1-12-7-13(2)18(14(3)8-12)17(20)11-21-10-15-5-4-6-16(19)9-15/h4-9H,10-11H2,1-3H3. The van der Waals surface area contributed by atoms with Crippen molar-refractivity contribution in [2.75, 3.05) is 6.61 Å². The molecule has 110 valence electrons. The number of carbonyl (C=O) groups is 1. The molecule has 2 aromatic rings. The van der Waals surface area contributed by atoms with E-state index in [-0.39, 0.29) is 12.4 Å². The summed E-state index contributed by atoms with van der Waals surface area (Å²) < 4.78 is 6.57. The van der Waals surface area contributed by atoms with Gasteiger partial charge in [-0.1, -0.05) is 45.8 Å². The lowest BCUT2D eigenvalue weighted by atomic mass is 9.97. The fraction of sp³-hybridized carbons (Fsp3) is 0.278. The molecule has 0 aliphatic carbocycles. The maximum Gasteiger partial charge on any atom is 0.189 e. The van der Waals surface area contributed by atoms with Gasteiger partial charge in [-0.3, -0.25) is 4.79 Å². The van der Waals surface area contributed by atoms with E-state index in [1.807, 2.05) is 57.2 Å². The van der Waals surface area contributed by atoms with Crippen molar-refractivity contribution in [3.05, 3.63) is 68.7 Å². The van der Waals surface area contributed by atoms with Crippen LogP contribution in [0.5, 0.6) is 0 Å². The number of Topliss-reactive ketones (excluding diaryl/α,β-unsaturated/α-hetero) is 1. The second kappa shape index (κ2) is 7.01. The van der Waals surface area contributed by atoms with Gasteiger partial charge in [-0.05, 0) is 49.6 Å². The number of benzene rings is 2. The van der Waals surface area contributed by atoms with E-state index in [1.165, 1.54) is 5.56 Å².